The van der Waals surface area contributed by atoms with Crippen LogP contribution in [0.4, 0.5) is 0 Å². The fraction of sp³-hybridized carbons (Fsp3) is 0.375. The van der Waals surface area contributed by atoms with E-state index >= 15 is 0 Å². The molecule has 0 fully saturated rings. The topological polar surface area (TPSA) is 96.3 Å². The molecule has 0 bridgehead atoms. The predicted molar refractivity (Wildman–Crippen MR) is 90.8 cm³/mol. The molecule has 0 saturated heterocycles. The van der Waals surface area contributed by atoms with Gasteiger partial charge in [0.2, 0.25) is 11.8 Å². The standard InChI is InChI=1S/C16H18N4O4S/c1-9(2)14-17-13(24-20-14)8-25-16-19-18-15(23-16)10-5-11(21-3)7-12(6-10)22-4/h5-7,9H,8H2,1-4H3. The summed E-state index contributed by atoms with van der Waals surface area (Å²) in [4.78, 5) is 4.31. The summed E-state index contributed by atoms with van der Waals surface area (Å²) < 4.78 is 21.4. The Kier molecular flexibility index (Phi) is 5.22. The molecule has 0 aliphatic heterocycles. The van der Waals surface area contributed by atoms with E-state index in [0.717, 1.165) is 5.56 Å². The highest BCUT2D eigenvalue weighted by Crippen LogP contribution is 2.31. The number of rotatable bonds is 7. The molecule has 0 aliphatic rings. The molecular formula is C16H18N4O4S. The Hall–Kier alpha value is -2.55. The van der Waals surface area contributed by atoms with Crippen molar-refractivity contribution in [2.75, 3.05) is 14.2 Å². The zero-order chi connectivity index (χ0) is 17.8. The second-order valence-corrected chi connectivity index (χ2v) is 6.39. The second kappa shape index (κ2) is 7.56. The molecule has 0 saturated carbocycles. The summed E-state index contributed by atoms with van der Waals surface area (Å²) in [5.74, 6) is 3.57. The quantitative estimate of drug-likeness (QED) is 0.584. The maximum absolute atomic E-state index is 5.68. The van der Waals surface area contributed by atoms with Crippen LogP contribution in [0.2, 0.25) is 0 Å². The highest BCUT2D eigenvalue weighted by Gasteiger charge is 2.14. The van der Waals surface area contributed by atoms with E-state index < -0.39 is 0 Å². The van der Waals surface area contributed by atoms with Gasteiger partial charge in [-0.1, -0.05) is 30.8 Å². The monoisotopic (exact) mass is 362 g/mol. The van der Waals surface area contributed by atoms with Crippen LogP contribution >= 0.6 is 11.8 Å². The molecule has 1 aromatic carbocycles. The fourth-order valence-corrected chi connectivity index (χ4v) is 2.60. The minimum atomic E-state index is 0.223. The molecule has 0 atom stereocenters. The van der Waals surface area contributed by atoms with Crippen LogP contribution in [0.5, 0.6) is 11.5 Å². The maximum Gasteiger partial charge on any atom is 0.277 e. The molecule has 0 radical (unpaired) electrons. The maximum atomic E-state index is 5.68. The van der Waals surface area contributed by atoms with Crippen LogP contribution in [-0.4, -0.2) is 34.6 Å². The van der Waals surface area contributed by atoms with E-state index in [0.29, 0.717) is 40.1 Å². The molecule has 132 valence electrons. The van der Waals surface area contributed by atoms with Gasteiger partial charge in [0.1, 0.15) is 11.5 Å². The minimum Gasteiger partial charge on any atom is -0.497 e. The van der Waals surface area contributed by atoms with Gasteiger partial charge >= 0.3 is 0 Å². The Morgan fingerprint density at radius 1 is 1.08 bits per heavy atom. The second-order valence-electron chi connectivity index (χ2n) is 5.46. The lowest BCUT2D eigenvalue weighted by molar-refractivity contribution is 0.382. The Balaban J connectivity index is 1.71. The zero-order valence-electron chi connectivity index (χ0n) is 14.3. The van der Waals surface area contributed by atoms with Crippen LogP contribution in [0.3, 0.4) is 0 Å². The predicted octanol–water partition coefficient (Wildman–Crippen LogP) is 3.55. The SMILES string of the molecule is COc1cc(OC)cc(-c2nnc(SCc3nc(C(C)C)no3)o2)c1. The van der Waals surface area contributed by atoms with E-state index in [2.05, 4.69) is 20.3 Å². The lowest BCUT2D eigenvalue weighted by Gasteiger charge is -2.05. The van der Waals surface area contributed by atoms with E-state index in [9.17, 15) is 0 Å². The molecule has 2 aromatic heterocycles. The number of hydrogen-bond acceptors (Lipinski definition) is 9. The van der Waals surface area contributed by atoms with E-state index in [1.54, 1.807) is 32.4 Å². The molecule has 9 heteroatoms. The van der Waals surface area contributed by atoms with Gasteiger partial charge in [-0.05, 0) is 12.1 Å². The average molecular weight is 362 g/mol. The highest BCUT2D eigenvalue weighted by atomic mass is 32.2. The molecule has 8 nitrogen and oxygen atoms in total. The zero-order valence-corrected chi connectivity index (χ0v) is 15.2. The van der Waals surface area contributed by atoms with Crippen LogP contribution in [0.25, 0.3) is 11.5 Å². The molecule has 3 rings (SSSR count). The number of hydrogen-bond donors (Lipinski definition) is 0. The number of methoxy groups -OCH3 is 2. The Morgan fingerprint density at radius 3 is 2.40 bits per heavy atom. The number of nitrogens with zero attached hydrogens (tertiary/aromatic N) is 4. The largest absolute Gasteiger partial charge is 0.497 e. The van der Waals surface area contributed by atoms with E-state index in [4.69, 9.17) is 18.4 Å². The van der Waals surface area contributed by atoms with Crippen LogP contribution in [0.1, 0.15) is 31.5 Å². The van der Waals surface area contributed by atoms with Crippen LogP contribution in [0.15, 0.2) is 32.4 Å². The molecule has 0 unspecified atom stereocenters. The number of ether oxygens (including phenoxy) is 2. The summed E-state index contributed by atoms with van der Waals surface area (Å²) in [5, 5.41) is 12.4. The third-order valence-electron chi connectivity index (χ3n) is 3.32. The molecule has 3 aromatic rings. The number of benzene rings is 1. The van der Waals surface area contributed by atoms with Crippen LogP contribution < -0.4 is 9.47 Å². The first kappa shape index (κ1) is 17.3. The van der Waals surface area contributed by atoms with Gasteiger partial charge < -0.3 is 18.4 Å². The van der Waals surface area contributed by atoms with Gasteiger partial charge in [0, 0.05) is 17.5 Å². The highest BCUT2D eigenvalue weighted by molar-refractivity contribution is 7.98. The van der Waals surface area contributed by atoms with Crippen LogP contribution in [-0.2, 0) is 5.75 Å². The van der Waals surface area contributed by atoms with Crippen molar-refractivity contribution < 1.29 is 18.4 Å². The van der Waals surface area contributed by atoms with Crippen LogP contribution in [0, 0.1) is 0 Å². The summed E-state index contributed by atoms with van der Waals surface area (Å²) in [6, 6.07) is 5.38. The van der Waals surface area contributed by atoms with Gasteiger partial charge in [0.05, 0.1) is 20.0 Å². The van der Waals surface area contributed by atoms with E-state index in [1.807, 2.05) is 13.8 Å². The van der Waals surface area contributed by atoms with Gasteiger partial charge in [0.15, 0.2) is 5.82 Å². The van der Waals surface area contributed by atoms with Crippen molar-refractivity contribution in [3.05, 3.63) is 29.9 Å². The van der Waals surface area contributed by atoms with Gasteiger partial charge in [-0.15, -0.1) is 10.2 Å². The summed E-state index contributed by atoms with van der Waals surface area (Å²) >= 11 is 1.33. The van der Waals surface area contributed by atoms with Crippen molar-refractivity contribution in [2.24, 2.45) is 0 Å². The van der Waals surface area contributed by atoms with Gasteiger partial charge in [-0.3, -0.25) is 0 Å². The Labute approximate surface area is 148 Å². The molecule has 0 N–H and O–H groups in total. The van der Waals surface area contributed by atoms with Gasteiger partial charge in [0.25, 0.3) is 5.22 Å². The molecule has 25 heavy (non-hydrogen) atoms. The summed E-state index contributed by atoms with van der Waals surface area (Å²) in [5.41, 5.74) is 0.718. The third kappa shape index (κ3) is 4.11. The first-order chi connectivity index (χ1) is 12.1. The summed E-state index contributed by atoms with van der Waals surface area (Å²) in [6.07, 6.45) is 0. The first-order valence-electron chi connectivity index (χ1n) is 7.61. The molecule has 0 amide bonds. The van der Waals surface area contributed by atoms with Crippen molar-refractivity contribution in [1.29, 1.82) is 0 Å². The minimum absolute atomic E-state index is 0.223. The lowest BCUT2D eigenvalue weighted by Crippen LogP contribution is -1.90. The normalized spacial score (nSPS) is 11.1. The fourth-order valence-electron chi connectivity index (χ4n) is 2.00. The Bertz CT molecular complexity index is 824. The van der Waals surface area contributed by atoms with Gasteiger partial charge in [-0.2, -0.15) is 4.98 Å². The molecule has 2 heterocycles. The van der Waals surface area contributed by atoms with Crippen molar-refractivity contribution in [3.63, 3.8) is 0 Å². The number of thioether (sulfide) groups is 1. The lowest BCUT2D eigenvalue weighted by atomic mass is 10.2. The van der Waals surface area contributed by atoms with E-state index in [1.165, 1.54) is 11.8 Å². The Morgan fingerprint density at radius 2 is 1.80 bits per heavy atom. The summed E-state index contributed by atoms with van der Waals surface area (Å²) in [7, 11) is 3.17. The molecular weight excluding hydrogens is 344 g/mol. The van der Waals surface area contributed by atoms with E-state index in [-0.39, 0.29) is 5.92 Å². The average Bonchev–Trinajstić information content (AvgIpc) is 3.28. The third-order valence-corrected chi connectivity index (χ3v) is 4.13. The summed E-state index contributed by atoms with van der Waals surface area (Å²) in [6.45, 7) is 4.02. The number of aromatic nitrogens is 4. The molecule has 0 spiro atoms. The van der Waals surface area contributed by atoms with Crippen molar-refractivity contribution in [3.8, 4) is 23.0 Å². The van der Waals surface area contributed by atoms with Crippen molar-refractivity contribution in [1.82, 2.24) is 20.3 Å². The van der Waals surface area contributed by atoms with Crippen molar-refractivity contribution in [2.45, 2.75) is 30.7 Å². The van der Waals surface area contributed by atoms with Crippen molar-refractivity contribution >= 4 is 11.8 Å². The molecule has 0 aliphatic carbocycles. The smallest absolute Gasteiger partial charge is 0.277 e. The first-order valence-corrected chi connectivity index (χ1v) is 8.60. The van der Waals surface area contributed by atoms with Gasteiger partial charge in [-0.25, -0.2) is 0 Å².